The lowest BCUT2D eigenvalue weighted by Crippen LogP contribution is -2.39. The van der Waals surface area contributed by atoms with Gasteiger partial charge in [0.2, 0.25) is 0 Å². The van der Waals surface area contributed by atoms with Crippen molar-refractivity contribution in [3.63, 3.8) is 0 Å². The van der Waals surface area contributed by atoms with Crippen molar-refractivity contribution in [2.45, 2.75) is 44.9 Å². The molecule has 1 aromatic rings. The van der Waals surface area contributed by atoms with E-state index in [0.717, 1.165) is 17.7 Å². The maximum atomic E-state index is 12.4. The lowest BCUT2D eigenvalue weighted by molar-refractivity contribution is 0.0218. The smallest absolute Gasteiger partial charge is 0.410 e. The Hall–Kier alpha value is -1.75. The normalized spacial score (nSPS) is 22.2. The van der Waals surface area contributed by atoms with E-state index in [4.69, 9.17) is 15.2 Å². The average molecular weight is 292 g/mol. The Morgan fingerprint density at radius 3 is 2.71 bits per heavy atom. The molecule has 1 amide bonds. The van der Waals surface area contributed by atoms with E-state index in [1.807, 2.05) is 45.0 Å². The predicted octanol–water partition coefficient (Wildman–Crippen LogP) is 2.70. The lowest BCUT2D eigenvalue weighted by Gasteiger charge is -2.30. The van der Waals surface area contributed by atoms with Crippen molar-refractivity contribution in [3.05, 3.63) is 29.8 Å². The van der Waals surface area contributed by atoms with Crippen molar-refractivity contribution >= 4 is 6.09 Å². The molecule has 0 spiro atoms. The molecule has 1 aliphatic heterocycles. The van der Waals surface area contributed by atoms with Gasteiger partial charge in [-0.2, -0.15) is 0 Å². The van der Waals surface area contributed by atoms with Crippen LogP contribution in [0.5, 0.6) is 5.75 Å². The average Bonchev–Trinajstić information content (AvgIpc) is 2.79. The van der Waals surface area contributed by atoms with E-state index < -0.39 is 5.60 Å². The van der Waals surface area contributed by atoms with E-state index in [-0.39, 0.29) is 18.2 Å². The molecule has 1 saturated heterocycles. The number of nitrogens with zero attached hydrogens (tertiary/aromatic N) is 1. The van der Waals surface area contributed by atoms with Gasteiger partial charge < -0.3 is 15.2 Å². The monoisotopic (exact) mass is 292 g/mol. The van der Waals surface area contributed by atoms with Crippen LogP contribution in [0.15, 0.2) is 24.3 Å². The van der Waals surface area contributed by atoms with Gasteiger partial charge in [-0.3, -0.25) is 4.90 Å². The highest BCUT2D eigenvalue weighted by molar-refractivity contribution is 5.69. The highest BCUT2D eigenvalue weighted by Gasteiger charge is 2.38. The molecular weight excluding hydrogens is 268 g/mol. The summed E-state index contributed by atoms with van der Waals surface area (Å²) in [5.74, 6) is 0.760. The molecule has 2 rings (SSSR count). The second-order valence-corrected chi connectivity index (χ2v) is 6.35. The second-order valence-electron chi connectivity index (χ2n) is 6.35. The predicted molar refractivity (Wildman–Crippen MR) is 81.3 cm³/mol. The quantitative estimate of drug-likeness (QED) is 0.910. The molecular formula is C16H24N2O3. The molecule has 1 aliphatic rings. The van der Waals surface area contributed by atoms with Crippen LogP contribution in [-0.2, 0) is 4.74 Å². The van der Waals surface area contributed by atoms with Crippen LogP contribution in [-0.4, -0.2) is 36.3 Å². The van der Waals surface area contributed by atoms with Gasteiger partial charge in [0.15, 0.2) is 0 Å². The van der Waals surface area contributed by atoms with Crippen molar-refractivity contribution in [3.8, 4) is 5.75 Å². The number of carbonyl (C=O) groups excluding carboxylic acids is 1. The fourth-order valence-corrected chi connectivity index (χ4v) is 2.59. The maximum Gasteiger partial charge on any atom is 0.410 e. The first-order chi connectivity index (χ1) is 9.81. The van der Waals surface area contributed by atoms with E-state index in [2.05, 4.69) is 0 Å². The van der Waals surface area contributed by atoms with E-state index in [9.17, 15) is 4.79 Å². The summed E-state index contributed by atoms with van der Waals surface area (Å²) in [4.78, 5) is 14.1. The van der Waals surface area contributed by atoms with Crippen LogP contribution < -0.4 is 10.5 Å². The topological polar surface area (TPSA) is 64.8 Å². The Morgan fingerprint density at radius 2 is 2.10 bits per heavy atom. The summed E-state index contributed by atoms with van der Waals surface area (Å²) in [5.41, 5.74) is 6.67. The van der Waals surface area contributed by atoms with Crippen LogP contribution in [0.3, 0.4) is 0 Å². The van der Waals surface area contributed by atoms with Crippen LogP contribution in [0.25, 0.3) is 0 Å². The largest absolute Gasteiger partial charge is 0.497 e. The molecule has 2 atom stereocenters. The third-order valence-electron chi connectivity index (χ3n) is 3.51. The summed E-state index contributed by atoms with van der Waals surface area (Å²) in [6, 6.07) is 7.41. The molecule has 0 aromatic heterocycles. The fraction of sp³-hybridized carbons (Fsp3) is 0.562. The zero-order valence-electron chi connectivity index (χ0n) is 13.1. The van der Waals surface area contributed by atoms with E-state index in [0.29, 0.717) is 6.54 Å². The lowest BCUT2D eigenvalue weighted by atomic mass is 10.0. The first-order valence-corrected chi connectivity index (χ1v) is 7.21. The Labute approximate surface area is 126 Å². The van der Waals surface area contributed by atoms with Gasteiger partial charge in [-0.25, -0.2) is 4.79 Å². The molecule has 5 nitrogen and oxygen atoms in total. The number of likely N-dealkylation sites (tertiary alicyclic amines) is 1. The number of carbonyl (C=O) groups is 1. The van der Waals surface area contributed by atoms with Crippen LogP contribution in [0.1, 0.15) is 38.8 Å². The zero-order chi connectivity index (χ0) is 15.6. The van der Waals surface area contributed by atoms with Crippen LogP contribution in [0.2, 0.25) is 0 Å². The molecule has 1 heterocycles. The van der Waals surface area contributed by atoms with Crippen LogP contribution in [0.4, 0.5) is 4.79 Å². The Bertz CT molecular complexity index is 510. The number of benzene rings is 1. The first kappa shape index (κ1) is 15.6. The first-order valence-electron chi connectivity index (χ1n) is 7.21. The molecule has 0 radical (unpaired) electrons. The Kier molecular flexibility index (Phi) is 4.42. The van der Waals surface area contributed by atoms with Gasteiger partial charge in [-0.1, -0.05) is 12.1 Å². The standard InChI is InChI=1S/C16H24N2O3/c1-16(2,3)21-15(19)18-9-8-13(17)14(18)11-6-5-7-12(10-11)20-4/h5-7,10,13-14H,8-9,17H2,1-4H3. The van der Waals surface area contributed by atoms with Crippen molar-refractivity contribution in [1.29, 1.82) is 0 Å². The van der Waals surface area contributed by atoms with Gasteiger partial charge >= 0.3 is 6.09 Å². The van der Waals surface area contributed by atoms with Crippen molar-refractivity contribution in [2.24, 2.45) is 5.73 Å². The summed E-state index contributed by atoms with van der Waals surface area (Å²) in [7, 11) is 1.62. The van der Waals surface area contributed by atoms with Crippen molar-refractivity contribution < 1.29 is 14.3 Å². The molecule has 116 valence electrons. The highest BCUT2D eigenvalue weighted by atomic mass is 16.6. The summed E-state index contributed by atoms with van der Waals surface area (Å²) >= 11 is 0. The molecule has 0 bridgehead atoms. The van der Waals surface area contributed by atoms with Crippen molar-refractivity contribution in [1.82, 2.24) is 4.90 Å². The minimum atomic E-state index is -0.511. The van der Waals surface area contributed by atoms with Gasteiger partial charge in [-0.05, 0) is 44.9 Å². The SMILES string of the molecule is COc1cccc(C2C(N)CCN2C(=O)OC(C)(C)C)c1. The van der Waals surface area contributed by atoms with E-state index >= 15 is 0 Å². The summed E-state index contributed by atoms with van der Waals surface area (Å²) in [5, 5.41) is 0. The summed E-state index contributed by atoms with van der Waals surface area (Å²) < 4.78 is 10.7. The van der Waals surface area contributed by atoms with Crippen molar-refractivity contribution in [2.75, 3.05) is 13.7 Å². The molecule has 0 aliphatic carbocycles. The highest BCUT2D eigenvalue weighted by Crippen LogP contribution is 2.33. The van der Waals surface area contributed by atoms with Gasteiger partial charge in [0, 0.05) is 12.6 Å². The number of methoxy groups -OCH3 is 1. The van der Waals surface area contributed by atoms with Gasteiger partial charge in [0.1, 0.15) is 11.4 Å². The summed E-state index contributed by atoms with van der Waals surface area (Å²) in [6.07, 6.45) is 0.449. The molecule has 1 aromatic carbocycles. The Balaban J connectivity index is 2.24. The third-order valence-corrected chi connectivity index (χ3v) is 3.51. The zero-order valence-corrected chi connectivity index (χ0v) is 13.1. The van der Waals surface area contributed by atoms with Crippen LogP contribution >= 0.6 is 0 Å². The van der Waals surface area contributed by atoms with Gasteiger partial charge in [0.05, 0.1) is 13.2 Å². The number of nitrogens with two attached hydrogens (primary N) is 1. The third kappa shape index (κ3) is 3.67. The number of ether oxygens (including phenoxy) is 2. The molecule has 2 N–H and O–H groups in total. The number of rotatable bonds is 2. The molecule has 0 saturated carbocycles. The molecule has 5 heteroatoms. The van der Waals surface area contributed by atoms with Gasteiger partial charge in [0.25, 0.3) is 0 Å². The molecule has 1 fully saturated rings. The maximum absolute atomic E-state index is 12.4. The second kappa shape index (κ2) is 5.93. The number of amides is 1. The fourth-order valence-electron chi connectivity index (χ4n) is 2.59. The number of hydrogen-bond donors (Lipinski definition) is 1. The summed E-state index contributed by atoms with van der Waals surface area (Å²) in [6.45, 7) is 6.20. The van der Waals surface area contributed by atoms with Gasteiger partial charge in [-0.15, -0.1) is 0 Å². The van der Waals surface area contributed by atoms with Crippen LogP contribution in [0, 0.1) is 0 Å². The van der Waals surface area contributed by atoms with E-state index in [1.54, 1.807) is 12.0 Å². The molecule has 21 heavy (non-hydrogen) atoms. The minimum Gasteiger partial charge on any atom is -0.497 e. The minimum absolute atomic E-state index is 0.0929. The molecule has 2 unspecified atom stereocenters. The Morgan fingerprint density at radius 1 is 1.38 bits per heavy atom. The van der Waals surface area contributed by atoms with E-state index in [1.165, 1.54) is 0 Å². The number of hydrogen-bond acceptors (Lipinski definition) is 4.